The summed E-state index contributed by atoms with van der Waals surface area (Å²) < 4.78 is 1.55. The third kappa shape index (κ3) is 5.89. The Morgan fingerprint density at radius 2 is 1.93 bits per heavy atom. The van der Waals surface area contributed by atoms with Gasteiger partial charge >= 0.3 is 0 Å². The van der Waals surface area contributed by atoms with Crippen LogP contribution in [0, 0.1) is 0 Å². The van der Waals surface area contributed by atoms with Crippen molar-refractivity contribution in [2.45, 2.75) is 30.7 Å². The van der Waals surface area contributed by atoms with Gasteiger partial charge in [0.25, 0.3) is 0 Å². The third-order valence-corrected chi connectivity index (χ3v) is 5.09. The van der Waals surface area contributed by atoms with Crippen LogP contribution in [-0.2, 0) is 16.0 Å². The van der Waals surface area contributed by atoms with Gasteiger partial charge in [0.15, 0.2) is 0 Å². The molecule has 0 aliphatic heterocycles. The van der Waals surface area contributed by atoms with E-state index in [0.29, 0.717) is 23.1 Å². The summed E-state index contributed by atoms with van der Waals surface area (Å²) in [4.78, 5) is 23.7. The lowest BCUT2D eigenvalue weighted by Crippen LogP contribution is -2.32. The predicted molar refractivity (Wildman–Crippen MR) is 112 cm³/mol. The summed E-state index contributed by atoms with van der Waals surface area (Å²) >= 11 is 1.27. The molecule has 1 aromatic heterocycles. The molecule has 0 aliphatic rings. The largest absolute Gasteiger partial charge is 0.355 e. The van der Waals surface area contributed by atoms with E-state index in [9.17, 15) is 9.59 Å². The maximum absolute atomic E-state index is 12.4. The summed E-state index contributed by atoms with van der Waals surface area (Å²) in [5.41, 5.74) is 2.52. The highest BCUT2D eigenvalue weighted by Crippen LogP contribution is 2.24. The third-order valence-electron chi connectivity index (χ3n) is 4.06. The second-order valence-electron chi connectivity index (χ2n) is 6.39. The van der Waals surface area contributed by atoms with Crippen molar-refractivity contribution >= 4 is 29.3 Å². The lowest BCUT2D eigenvalue weighted by Gasteiger charge is -2.12. The molecule has 2 aromatic carbocycles. The molecule has 0 radical (unpaired) electrons. The first-order valence-corrected chi connectivity index (χ1v) is 10.1. The fourth-order valence-corrected chi connectivity index (χ4v) is 3.50. The van der Waals surface area contributed by atoms with Gasteiger partial charge in [0.1, 0.15) is 0 Å². The van der Waals surface area contributed by atoms with Crippen molar-refractivity contribution in [3.63, 3.8) is 0 Å². The lowest BCUT2D eigenvalue weighted by molar-refractivity contribution is -0.120. The summed E-state index contributed by atoms with van der Waals surface area (Å²) in [5.74, 6) is -0.235. The summed E-state index contributed by atoms with van der Waals surface area (Å²) in [6.07, 6.45) is 0.775. The van der Waals surface area contributed by atoms with Crippen LogP contribution >= 0.6 is 11.8 Å². The molecule has 0 saturated heterocycles. The molecule has 2 amide bonds. The monoisotopic (exact) mass is 410 g/mol. The highest BCUT2D eigenvalue weighted by molar-refractivity contribution is 8.00. The molecule has 9 heteroatoms. The number of nitrogens with one attached hydrogen (secondary N) is 2. The van der Waals surface area contributed by atoms with E-state index in [0.717, 1.165) is 6.42 Å². The maximum Gasteiger partial charge on any atom is 0.233 e. The van der Waals surface area contributed by atoms with Gasteiger partial charge in [-0.15, -0.1) is 5.10 Å². The zero-order valence-electron chi connectivity index (χ0n) is 16.2. The minimum absolute atomic E-state index is 0.0764. The van der Waals surface area contributed by atoms with Crippen molar-refractivity contribution in [1.29, 1.82) is 0 Å². The Morgan fingerprint density at radius 3 is 2.69 bits per heavy atom. The maximum atomic E-state index is 12.4. The molecule has 1 atom stereocenters. The van der Waals surface area contributed by atoms with Crippen LogP contribution in [0.3, 0.4) is 0 Å². The first kappa shape index (κ1) is 20.5. The van der Waals surface area contributed by atoms with Crippen molar-refractivity contribution in [2.75, 3.05) is 11.9 Å². The van der Waals surface area contributed by atoms with E-state index in [4.69, 9.17) is 0 Å². The van der Waals surface area contributed by atoms with E-state index in [1.807, 2.05) is 43.3 Å². The Morgan fingerprint density at radius 1 is 1.14 bits per heavy atom. The fraction of sp³-hybridized carbons (Fsp3) is 0.250. The normalized spacial score (nSPS) is 11.7. The zero-order chi connectivity index (χ0) is 20.6. The van der Waals surface area contributed by atoms with E-state index in [1.165, 1.54) is 24.2 Å². The van der Waals surface area contributed by atoms with Gasteiger partial charge in [-0.3, -0.25) is 9.59 Å². The second-order valence-corrected chi connectivity index (χ2v) is 7.70. The highest BCUT2D eigenvalue weighted by Gasteiger charge is 2.19. The summed E-state index contributed by atoms with van der Waals surface area (Å²) in [7, 11) is 0. The molecule has 3 aromatic rings. The van der Waals surface area contributed by atoms with Crippen LogP contribution in [0.15, 0.2) is 59.8 Å². The molecular formula is C20H22N6O2S. The molecule has 0 fully saturated rings. The van der Waals surface area contributed by atoms with Crippen LogP contribution in [0.2, 0.25) is 0 Å². The number of nitrogens with zero attached hydrogens (tertiary/aromatic N) is 4. The Hall–Kier alpha value is -3.20. The standard InChI is InChI=1S/C20H22N6O2S/c1-14(19(28)21-12-11-16-7-4-3-5-8-16)29-20-23-24-25-26(20)18-10-6-9-17(13-18)22-15(2)27/h3-10,13-14H,11-12H2,1-2H3,(H,21,28)(H,22,27). The average molecular weight is 411 g/mol. The van der Waals surface area contributed by atoms with Gasteiger partial charge in [-0.2, -0.15) is 4.68 Å². The molecule has 3 rings (SSSR count). The first-order chi connectivity index (χ1) is 14.0. The molecule has 0 saturated carbocycles. The number of rotatable bonds is 8. The molecule has 8 nitrogen and oxygen atoms in total. The molecule has 29 heavy (non-hydrogen) atoms. The molecule has 0 bridgehead atoms. The van der Waals surface area contributed by atoms with Crippen molar-refractivity contribution in [3.8, 4) is 5.69 Å². The number of hydrogen-bond donors (Lipinski definition) is 2. The van der Waals surface area contributed by atoms with Crippen molar-refractivity contribution in [3.05, 3.63) is 60.2 Å². The number of hydrogen-bond acceptors (Lipinski definition) is 6. The second kappa shape index (κ2) is 9.83. The Balaban J connectivity index is 1.60. The number of carbonyl (C=O) groups excluding carboxylic acids is 2. The van der Waals surface area contributed by atoms with Crippen molar-refractivity contribution < 1.29 is 9.59 Å². The van der Waals surface area contributed by atoms with Crippen molar-refractivity contribution in [2.24, 2.45) is 0 Å². The molecule has 2 N–H and O–H groups in total. The van der Waals surface area contributed by atoms with Crippen LogP contribution < -0.4 is 10.6 Å². The smallest absolute Gasteiger partial charge is 0.233 e. The van der Waals surface area contributed by atoms with Crippen molar-refractivity contribution in [1.82, 2.24) is 25.5 Å². The molecule has 0 aliphatic carbocycles. The number of carbonyl (C=O) groups is 2. The zero-order valence-corrected chi connectivity index (χ0v) is 17.0. The van der Waals surface area contributed by atoms with Crippen LogP contribution in [0.25, 0.3) is 5.69 Å². The SMILES string of the molecule is CC(=O)Nc1cccc(-n2nnnc2SC(C)C(=O)NCCc2ccccc2)c1. The van der Waals surface area contributed by atoms with Gasteiger partial charge in [0, 0.05) is 19.2 Å². The summed E-state index contributed by atoms with van der Waals surface area (Å²) in [6, 6.07) is 17.2. The lowest BCUT2D eigenvalue weighted by atomic mass is 10.1. The molecule has 1 heterocycles. The van der Waals surface area contributed by atoms with Gasteiger partial charge < -0.3 is 10.6 Å². The van der Waals surface area contributed by atoms with Crippen LogP contribution in [-0.4, -0.2) is 43.8 Å². The number of tetrazole rings is 1. The highest BCUT2D eigenvalue weighted by atomic mass is 32.2. The molecule has 0 spiro atoms. The van der Waals surface area contributed by atoms with Gasteiger partial charge in [0.05, 0.1) is 10.9 Å². The Kier molecular flexibility index (Phi) is 6.96. The van der Waals surface area contributed by atoms with Crippen LogP contribution in [0.1, 0.15) is 19.4 Å². The number of anilines is 1. The van der Waals surface area contributed by atoms with Gasteiger partial charge in [-0.1, -0.05) is 48.2 Å². The number of benzene rings is 2. The fourth-order valence-electron chi connectivity index (χ4n) is 2.66. The van der Waals surface area contributed by atoms with Gasteiger partial charge in [0.2, 0.25) is 17.0 Å². The van der Waals surface area contributed by atoms with Crippen LogP contribution in [0.4, 0.5) is 5.69 Å². The van der Waals surface area contributed by atoms with E-state index >= 15 is 0 Å². The Labute approximate surface area is 173 Å². The molecule has 1 unspecified atom stereocenters. The molecular weight excluding hydrogens is 388 g/mol. The topological polar surface area (TPSA) is 102 Å². The average Bonchev–Trinajstić information content (AvgIpc) is 3.16. The Bertz CT molecular complexity index is 976. The first-order valence-electron chi connectivity index (χ1n) is 9.17. The minimum Gasteiger partial charge on any atom is -0.355 e. The molecule has 150 valence electrons. The predicted octanol–water partition coefficient (Wildman–Crippen LogP) is 2.46. The summed E-state index contributed by atoms with van der Waals surface area (Å²) in [5, 5.41) is 17.6. The minimum atomic E-state index is -0.367. The quantitative estimate of drug-likeness (QED) is 0.553. The van der Waals surface area contributed by atoms with E-state index in [1.54, 1.807) is 22.9 Å². The van der Waals surface area contributed by atoms with E-state index in [2.05, 4.69) is 26.2 Å². The van der Waals surface area contributed by atoms with Gasteiger partial charge in [-0.25, -0.2) is 0 Å². The number of aromatic nitrogens is 4. The number of thioether (sulfide) groups is 1. The van der Waals surface area contributed by atoms with Crippen LogP contribution in [0.5, 0.6) is 0 Å². The van der Waals surface area contributed by atoms with E-state index in [-0.39, 0.29) is 17.1 Å². The van der Waals surface area contributed by atoms with Gasteiger partial charge in [-0.05, 0) is 47.5 Å². The number of amides is 2. The van der Waals surface area contributed by atoms with E-state index < -0.39 is 0 Å². The summed E-state index contributed by atoms with van der Waals surface area (Å²) in [6.45, 7) is 3.83.